The molecule has 6 nitrogen and oxygen atoms in total. The van der Waals surface area contributed by atoms with Crippen LogP contribution in [0.3, 0.4) is 0 Å². The second-order valence-electron chi connectivity index (χ2n) is 4.80. The fraction of sp³-hybridized carbons (Fsp3) is 0.900. The van der Waals surface area contributed by atoms with Gasteiger partial charge in [0.15, 0.2) is 9.84 Å². The van der Waals surface area contributed by atoms with Crippen molar-refractivity contribution in [2.45, 2.75) is 25.0 Å². The first-order valence-corrected chi connectivity index (χ1v) is 8.62. The van der Waals surface area contributed by atoms with Gasteiger partial charge in [-0.2, -0.15) is 0 Å². The van der Waals surface area contributed by atoms with Gasteiger partial charge in [0.1, 0.15) is 0 Å². The molecule has 18 heavy (non-hydrogen) atoms. The van der Waals surface area contributed by atoms with Crippen molar-refractivity contribution in [3.8, 4) is 0 Å². The monoisotopic (exact) mass is 297 g/mol. The number of amides is 1. The van der Waals surface area contributed by atoms with Crippen LogP contribution in [0.2, 0.25) is 0 Å². The predicted molar refractivity (Wildman–Crippen MR) is 70.2 cm³/mol. The summed E-state index contributed by atoms with van der Waals surface area (Å²) in [6, 6.07) is 0. The summed E-state index contributed by atoms with van der Waals surface area (Å²) in [5.41, 5.74) is -0.675. The molecule has 1 fully saturated rings. The maximum atomic E-state index is 11.6. The van der Waals surface area contributed by atoms with Crippen LogP contribution in [-0.2, 0) is 14.6 Å². The Morgan fingerprint density at radius 1 is 1.56 bits per heavy atom. The third kappa shape index (κ3) is 5.13. The van der Waals surface area contributed by atoms with Gasteiger partial charge >= 0.3 is 0 Å². The van der Waals surface area contributed by atoms with E-state index in [1.54, 1.807) is 6.92 Å². The van der Waals surface area contributed by atoms with Gasteiger partial charge in [-0.3, -0.25) is 4.79 Å². The zero-order valence-electron chi connectivity index (χ0n) is 10.3. The average molecular weight is 297 g/mol. The summed E-state index contributed by atoms with van der Waals surface area (Å²) >= 11 is 1.20. The Balaban J connectivity index is 2.32. The molecule has 0 bridgehead atoms. The largest absolute Gasteiger partial charge is 0.394 e. The van der Waals surface area contributed by atoms with E-state index in [1.165, 1.54) is 11.8 Å². The number of nitrogens with one attached hydrogen (secondary N) is 1. The van der Waals surface area contributed by atoms with Crippen molar-refractivity contribution in [3.05, 3.63) is 0 Å². The number of aliphatic hydroxyl groups excluding tert-OH is 2. The summed E-state index contributed by atoms with van der Waals surface area (Å²) < 4.78 is 22.7. The lowest BCUT2D eigenvalue weighted by Gasteiger charge is -2.23. The van der Waals surface area contributed by atoms with Crippen LogP contribution in [0.15, 0.2) is 0 Å². The molecule has 1 aliphatic heterocycles. The lowest BCUT2D eigenvalue weighted by Crippen LogP contribution is -2.47. The standard InChI is InChI=1S/C10H19NO5S2/c1-10(2-3-18(15,16)7-10)11-9(14)6-17-5-8(13)4-12/h8,12-13H,2-7H2,1H3,(H,11,14). The summed E-state index contributed by atoms with van der Waals surface area (Å²) in [5.74, 6) is 0.270. The molecule has 2 unspecified atom stereocenters. The summed E-state index contributed by atoms with van der Waals surface area (Å²) in [5, 5.41) is 20.4. The predicted octanol–water partition coefficient (Wildman–Crippen LogP) is -1.23. The minimum Gasteiger partial charge on any atom is -0.394 e. The number of sulfone groups is 1. The number of thioether (sulfide) groups is 1. The fourth-order valence-corrected chi connectivity index (χ4v) is 4.67. The molecule has 1 amide bonds. The van der Waals surface area contributed by atoms with Gasteiger partial charge < -0.3 is 15.5 Å². The third-order valence-corrected chi connectivity index (χ3v) is 5.69. The molecule has 0 aliphatic carbocycles. The van der Waals surface area contributed by atoms with Gasteiger partial charge in [-0.05, 0) is 13.3 Å². The molecule has 0 radical (unpaired) electrons. The molecule has 0 aromatic heterocycles. The number of aliphatic hydroxyl groups is 2. The zero-order valence-corrected chi connectivity index (χ0v) is 11.9. The summed E-state index contributed by atoms with van der Waals surface area (Å²) in [6.07, 6.45) is -0.393. The van der Waals surface area contributed by atoms with E-state index >= 15 is 0 Å². The highest BCUT2D eigenvalue weighted by Crippen LogP contribution is 2.22. The van der Waals surface area contributed by atoms with Crippen molar-refractivity contribution < 1.29 is 23.4 Å². The molecule has 0 aromatic carbocycles. The molecule has 106 valence electrons. The molecular formula is C10H19NO5S2. The van der Waals surface area contributed by atoms with Gasteiger partial charge in [0.25, 0.3) is 0 Å². The Hall–Kier alpha value is -0.310. The van der Waals surface area contributed by atoms with E-state index < -0.39 is 21.5 Å². The van der Waals surface area contributed by atoms with Crippen molar-refractivity contribution in [2.24, 2.45) is 0 Å². The van der Waals surface area contributed by atoms with E-state index in [2.05, 4.69) is 5.32 Å². The summed E-state index contributed by atoms with van der Waals surface area (Å²) in [7, 11) is -3.03. The fourth-order valence-electron chi connectivity index (χ4n) is 1.82. The Bertz CT molecular complexity index is 397. The topological polar surface area (TPSA) is 104 Å². The van der Waals surface area contributed by atoms with Gasteiger partial charge in [0, 0.05) is 5.75 Å². The maximum Gasteiger partial charge on any atom is 0.230 e. The Labute approximate surface area is 111 Å². The molecular weight excluding hydrogens is 278 g/mol. The van der Waals surface area contributed by atoms with Crippen molar-refractivity contribution in [2.75, 3.05) is 29.6 Å². The second kappa shape index (κ2) is 6.23. The van der Waals surface area contributed by atoms with Gasteiger partial charge in [-0.25, -0.2) is 8.42 Å². The minimum absolute atomic E-state index is 0.0182. The normalized spacial score (nSPS) is 27.9. The molecule has 2 atom stereocenters. The first-order chi connectivity index (χ1) is 8.26. The first-order valence-electron chi connectivity index (χ1n) is 5.64. The molecule has 1 heterocycles. The van der Waals surface area contributed by atoms with Crippen LogP contribution in [0.5, 0.6) is 0 Å². The van der Waals surface area contributed by atoms with Crippen LogP contribution in [0.1, 0.15) is 13.3 Å². The van der Waals surface area contributed by atoms with Crippen molar-refractivity contribution in [1.29, 1.82) is 0 Å². The highest BCUT2D eigenvalue weighted by molar-refractivity contribution is 8.00. The van der Waals surface area contributed by atoms with E-state index in [0.717, 1.165) is 0 Å². The first kappa shape index (κ1) is 15.7. The quantitative estimate of drug-likeness (QED) is 0.567. The van der Waals surface area contributed by atoms with E-state index in [-0.39, 0.29) is 35.5 Å². The van der Waals surface area contributed by atoms with E-state index in [1.807, 2.05) is 0 Å². The Morgan fingerprint density at radius 3 is 2.72 bits per heavy atom. The van der Waals surface area contributed by atoms with Gasteiger partial charge in [-0.1, -0.05) is 0 Å². The second-order valence-corrected chi connectivity index (χ2v) is 8.02. The lowest BCUT2D eigenvalue weighted by atomic mass is 10.0. The van der Waals surface area contributed by atoms with Crippen molar-refractivity contribution in [3.63, 3.8) is 0 Å². The lowest BCUT2D eigenvalue weighted by molar-refractivity contribution is -0.120. The Morgan fingerprint density at radius 2 is 2.22 bits per heavy atom. The number of hydrogen-bond acceptors (Lipinski definition) is 6. The number of hydrogen-bond donors (Lipinski definition) is 3. The van der Waals surface area contributed by atoms with Crippen LogP contribution in [0.25, 0.3) is 0 Å². The van der Waals surface area contributed by atoms with Crippen LogP contribution in [0, 0.1) is 0 Å². The van der Waals surface area contributed by atoms with Crippen molar-refractivity contribution in [1.82, 2.24) is 5.32 Å². The van der Waals surface area contributed by atoms with Gasteiger partial charge in [-0.15, -0.1) is 11.8 Å². The number of carbonyl (C=O) groups is 1. The molecule has 0 aromatic rings. The van der Waals surface area contributed by atoms with E-state index in [0.29, 0.717) is 6.42 Å². The zero-order chi connectivity index (χ0) is 13.8. The Kier molecular flexibility index (Phi) is 5.45. The van der Waals surface area contributed by atoms with Crippen LogP contribution in [0.4, 0.5) is 0 Å². The third-order valence-electron chi connectivity index (χ3n) is 2.70. The molecule has 1 rings (SSSR count). The van der Waals surface area contributed by atoms with Crippen molar-refractivity contribution >= 4 is 27.5 Å². The van der Waals surface area contributed by atoms with Crippen LogP contribution in [-0.4, -0.2) is 65.8 Å². The molecule has 0 saturated carbocycles. The molecule has 3 N–H and O–H groups in total. The highest BCUT2D eigenvalue weighted by atomic mass is 32.2. The smallest absolute Gasteiger partial charge is 0.230 e. The van der Waals surface area contributed by atoms with Gasteiger partial charge in [0.2, 0.25) is 5.91 Å². The van der Waals surface area contributed by atoms with Crippen LogP contribution >= 0.6 is 11.8 Å². The van der Waals surface area contributed by atoms with Crippen LogP contribution < -0.4 is 5.32 Å². The van der Waals surface area contributed by atoms with E-state index in [4.69, 9.17) is 10.2 Å². The highest BCUT2D eigenvalue weighted by Gasteiger charge is 2.39. The maximum absolute atomic E-state index is 11.6. The number of carbonyl (C=O) groups excluding carboxylic acids is 1. The molecule has 1 saturated heterocycles. The van der Waals surface area contributed by atoms with Gasteiger partial charge in [0.05, 0.1) is 35.5 Å². The van der Waals surface area contributed by atoms with E-state index in [9.17, 15) is 13.2 Å². The summed E-state index contributed by atoms with van der Waals surface area (Å²) in [6.45, 7) is 1.40. The minimum atomic E-state index is -3.03. The molecule has 1 aliphatic rings. The molecule has 0 spiro atoms. The summed E-state index contributed by atoms with van der Waals surface area (Å²) in [4.78, 5) is 11.6. The molecule has 8 heteroatoms. The SMILES string of the molecule is CC1(NC(=O)CSCC(O)CO)CCS(=O)(=O)C1. The number of rotatable bonds is 6. The average Bonchev–Trinajstić information content (AvgIpc) is 2.52.